The standard InChI is InChI=1S/C16H30N2O3/c1-12(2)9-16(7-5-6-8-16)11-17-14(21)18-15(3,4)10-13(19)20/h12H,5-11H2,1-4H3,(H,19,20)(H2,17,18,21). The number of aliphatic carboxylic acids is 1. The van der Waals surface area contributed by atoms with E-state index in [0.29, 0.717) is 12.5 Å². The highest BCUT2D eigenvalue weighted by molar-refractivity contribution is 5.76. The minimum Gasteiger partial charge on any atom is -0.481 e. The Kier molecular flexibility index (Phi) is 6.05. The van der Waals surface area contributed by atoms with E-state index in [9.17, 15) is 9.59 Å². The molecule has 1 aliphatic carbocycles. The van der Waals surface area contributed by atoms with Gasteiger partial charge in [-0.3, -0.25) is 4.79 Å². The van der Waals surface area contributed by atoms with Gasteiger partial charge in [0.2, 0.25) is 0 Å². The highest BCUT2D eigenvalue weighted by Crippen LogP contribution is 2.42. The summed E-state index contributed by atoms with van der Waals surface area (Å²) >= 11 is 0. The average Bonchev–Trinajstić information content (AvgIpc) is 2.72. The van der Waals surface area contributed by atoms with Crippen LogP contribution in [-0.4, -0.2) is 29.2 Å². The van der Waals surface area contributed by atoms with Crippen molar-refractivity contribution in [2.45, 2.75) is 71.8 Å². The molecule has 122 valence electrons. The van der Waals surface area contributed by atoms with Gasteiger partial charge < -0.3 is 15.7 Å². The molecule has 0 saturated heterocycles. The summed E-state index contributed by atoms with van der Waals surface area (Å²) in [5.74, 6) is -0.288. The quantitative estimate of drug-likeness (QED) is 0.675. The van der Waals surface area contributed by atoms with Crippen LogP contribution >= 0.6 is 0 Å². The van der Waals surface area contributed by atoms with Gasteiger partial charge in [0.25, 0.3) is 0 Å². The minimum atomic E-state index is -0.910. The number of carbonyl (C=O) groups is 2. The van der Waals surface area contributed by atoms with Crippen LogP contribution in [0.15, 0.2) is 0 Å². The number of hydrogen-bond acceptors (Lipinski definition) is 2. The first-order valence-corrected chi connectivity index (χ1v) is 7.92. The Balaban J connectivity index is 2.49. The number of hydrogen-bond donors (Lipinski definition) is 3. The first kappa shape index (κ1) is 17.8. The molecule has 0 heterocycles. The molecule has 21 heavy (non-hydrogen) atoms. The normalized spacial score (nSPS) is 17.8. The summed E-state index contributed by atoms with van der Waals surface area (Å²) in [6.45, 7) is 8.56. The van der Waals surface area contributed by atoms with E-state index < -0.39 is 11.5 Å². The van der Waals surface area contributed by atoms with E-state index >= 15 is 0 Å². The van der Waals surface area contributed by atoms with Gasteiger partial charge in [-0.25, -0.2) is 4.79 Å². The SMILES string of the molecule is CC(C)CC1(CNC(=O)NC(C)(C)CC(=O)O)CCCC1. The van der Waals surface area contributed by atoms with Crippen LogP contribution < -0.4 is 10.6 Å². The summed E-state index contributed by atoms with van der Waals surface area (Å²) in [6.07, 6.45) is 5.86. The Morgan fingerprint density at radius 2 is 1.81 bits per heavy atom. The molecular weight excluding hydrogens is 268 g/mol. The van der Waals surface area contributed by atoms with Crippen molar-refractivity contribution in [3.05, 3.63) is 0 Å². The van der Waals surface area contributed by atoms with Crippen molar-refractivity contribution < 1.29 is 14.7 Å². The van der Waals surface area contributed by atoms with Crippen LogP contribution in [0.3, 0.4) is 0 Å². The summed E-state index contributed by atoms with van der Waals surface area (Å²) in [7, 11) is 0. The Morgan fingerprint density at radius 3 is 2.29 bits per heavy atom. The van der Waals surface area contributed by atoms with Gasteiger partial charge in [-0.05, 0) is 44.4 Å². The van der Waals surface area contributed by atoms with E-state index in [1.165, 1.54) is 25.7 Å². The second-order valence-electron chi connectivity index (χ2n) is 7.57. The number of carbonyl (C=O) groups excluding carboxylic acids is 1. The molecule has 0 bridgehead atoms. The van der Waals surface area contributed by atoms with Crippen molar-refractivity contribution in [1.29, 1.82) is 0 Å². The first-order chi connectivity index (χ1) is 9.64. The van der Waals surface area contributed by atoms with Gasteiger partial charge in [0.1, 0.15) is 0 Å². The number of rotatable bonds is 7. The van der Waals surface area contributed by atoms with Crippen molar-refractivity contribution in [3.63, 3.8) is 0 Å². The van der Waals surface area contributed by atoms with Crippen LogP contribution in [0.2, 0.25) is 0 Å². The van der Waals surface area contributed by atoms with Gasteiger partial charge >= 0.3 is 12.0 Å². The smallest absolute Gasteiger partial charge is 0.315 e. The predicted octanol–water partition coefficient (Wildman–Crippen LogP) is 3.15. The molecule has 0 aliphatic heterocycles. The largest absolute Gasteiger partial charge is 0.481 e. The van der Waals surface area contributed by atoms with Crippen LogP contribution in [-0.2, 0) is 4.79 Å². The fourth-order valence-electron chi connectivity index (χ4n) is 3.49. The molecule has 0 aromatic heterocycles. The maximum Gasteiger partial charge on any atom is 0.315 e. The van der Waals surface area contributed by atoms with Crippen LogP contribution in [0.25, 0.3) is 0 Å². The molecular formula is C16H30N2O3. The molecule has 0 spiro atoms. The lowest BCUT2D eigenvalue weighted by Crippen LogP contribution is -2.51. The Labute approximate surface area is 127 Å². The van der Waals surface area contributed by atoms with Gasteiger partial charge in [0.15, 0.2) is 0 Å². The topological polar surface area (TPSA) is 78.4 Å². The van der Waals surface area contributed by atoms with Crippen LogP contribution in [0.5, 0.6) is 0 Å². The third-order valence-corrected chi connectivity index (χ3v) is 4.17. The molecule has 5 heteroatoms. The molecule has 0 radical (unpaired) electrons. The highest BCUT2D eigenvalue weighted by Gasteiger charge is 2.35. The van der Waals surface area contributed by atoms with Crippen molar-refractivity contribution in [3.8, 4) is 0 Å². The molecule has 0 aromatic carbocycles. The van der Waals surface area contributed by atoms with Crippen LogP contribution in [0.1, 0.15) is 66.2 Å². The summed E-state index contributed by atoms with van der Waals surface area (Å²) < 4.78 is 0. The number of carboxylic acids is 1. The van der Waals surface area contributed by atoms with Gasteiger partial charge in [0.05, 0.1) is 6.42 Å². The number of carboxylic acid groups (broad SMARTS) is 1. The van der Waals surface area contributed by atoms with Gasteiger partial charge in [0, 0.05) is 12.1 Å². The third kappa shape index (κ3) is 6.36. The maximum atomic E-state index is 12.0. The Hall–Kier alpha value is -1.26. The summed E-state index contributed by atoms with van der Waals surface area (Å²) in [6, 6.07) is -0.267. The molecule has 1 rings (SSSR count). The van der Waals surface area contributed by atoms with Crippen molar-refractivity contribution in [2.24, 2.45) is 11.3 Å². The zero-order chi connectivity index (χ0) is 16.1. The summed E-state index contributed by atoms with van der Waals surface area (Å²) in [4.78, 5) is 22.8. The van der Waals surface area contributed by atoms with Crippen molar-refractivity contribution in [2.75, 3.05) is 6.54 Å². The molecule has 1 aliphatic rings. The fraction of sp³-hybridized carbons (Fsp3) is 0.875. The molecule has 1 fully saturated rings. The van der Waals surface area contributed by atoms with E-state index in [0.717, 1.165) is 6.42 Å². The lowest BCUT2D eigenvalue weighted by molar-refractivity contribution is -0.138. The fourth-order valence-corrected chi connectivity index (χ4v) is 3.49. The molecule has 5 nitrogen and oxygen atoms in total. The molecule has 2 amide bonds. The first-order valence-electron chi connectivity index (χ1n) is 7.92. The molecule has 3 N–H and O–H groups in total. The Morgan fingerprint density at radius 1 is 1.24 bits per heavy atom. The predicted molar refractivity (Wildman–Crippen MR) is 83.2 cm³/mol. The second kappa shape index (κ2) is 7.14. The van der Waals surface area contributed by atoms with Crippen molar-refractivity contribution >= 4 is 12.0 Å². The molecule has 1 saturated carbocycles. The lowest BCUT2D eigenvalue weighted by atomic mass is 9.78. The minimum absolute atomic E-state index is 0.0858. The lowest BCUT2D eigenvalue weighted by Gasteiger charge is -2.32. The maximum absolute atomic E-state index is 12.0. The molecule has 0 aromatic rings. The number of amides is 2. The Bertz CT molecular complexity index is 372. The average molecular weight is 298 g/mol. The van der Waals surface area contributed by atoms with Crippen molar-refractivity contribution in [1.82, 2.24) is 10.6 Å². The third-order valence-electron chi connectivity index (χ3n) is 4.17. The van der Waals surface area contributed by atoms with E-state index in [1.54, 1.807) is 13.8 Å². The zero-order valence-electron chi connectivity index (χ0n) is 13.8. The van der Waals surface area contributed by atoms with E-state index in [2.05, 4.69) is 24.5 Å². The number of urea groups is 1. The van der Waals surface area contributed by atoms with Gasteiger partial charge in [-0.15, -0.1) is 0 Å². The van der Waals surface area contributed by atoms with Gasteiger partial charge in [-0.2, -0.15) is 0 Å². The van der Waals surface area contributed by atoms with Crippen LogP contribution in [0, 0.1) is 11.3 Å². The van der Waals surface area contributed by atoms with E-state index in [1.807, 2.05) is 0 Å². The van der Waals surface area contributed by atoms with E-state index in [-0.39, 0.29) is 17.9 Å². The second-order valence-corrected chi connectivity index (χ2v) is 7.57. The monoisotopic (exact) mass is 298 g/mol. The number of nitrogens with one attached hydrogen (secondary N) is 2. The summed E-state index contributed by atoms with van der Waals surface area (Å²) in [5, 5.41) is 14.5. The molecule has 0 atom stereocenters. The molecule has 0 unspecified atom stereocenters. The van der Waals surface area contributed by atoms with Crippen LogP contribution in [0.4, 0.5) is 4.79 Å². The zero-order valence-corrected chi connectivity index (χ0v) is 13.8. The van der Waals surface area contributed by atoms with Gasteiger partial charge in [-0.1, -0.05) is 26.7 Å². The summed E-state index contributed by atoms with van der Waals surface area (Å²) in [5.41, 5.74) is -0.515. The highest BCUT2D eigenvalue weighted by atomic mass is 16.4. The van der Waals surface area contributed by atoms with E-state index in [4.69, 9.17) is 5.11 Å².